The second-order valence-corrected chi connectivity index (χ2v) is 22.6. The van der Waals surface area contributed by atoms with Crippen molar-refractivity contribution in [2.24, 2.45) is 17.8 Å². The molecule has 11 rings (SSSR count). The van der Waals surface area contributed by atoms with E-state index in [1.54, 1.807) is 28.6 Å². The number of alkyl carbamates (subject to hydrolysis) is 2. The summed E-state index contributed by atoms with van der Waals surface area (Å²) in [6, 6.07) is 13.6. The Hall–Kier alpha value is -6.73. The number of halogens is 1. The standard InChI is InChI=1S/C55H64FN9O8S/c1-26(2)44-13-14-45(74-44)53-65-38-12-11-30(36-24-58-50(59-36)42-22-33-20-40(33)64(42)52(67)48(62-55(69)71-8)34-16-28(5)72-29(6)17-34)18-32(38)21-41(65)46-35(56)19-31(23-43(46)73-53)37-25-57-49(60-37)39-10-9-15-63(39)51(66)47(27(3)4)61-54(68)70-7/h11-14,18-19,21,23-29,33-34,39-40,42,47-48,53H,9-10,15-17,20,22H2,1-8H3,(H,57,60)(H,58,59)(H,61,68)(H,62,69). The molecule has 74 heavy (non-hydrogen) atoms. The second-order valence-electron chi connectivity index (χ2n) is 21.4. The predicted molar refractivity (Wildman–Crippen MR) is 276 cm³/mol. The minimum absolute atomic E-state index is 0.0482. The Morgan fingerprint density at radius 2 is 1.53 bits per heavy atom. The largest absolute Gasteiger partial charge is 0.464 e. The number of rotatable bonds is 12. The molecule has 3 saturated heterocycles. The van der Waals surface area contributed by atoms with Crippen molar-refractivity contribution in [2.45, 2.75) is 135 Å². The van der Waals surface area contributed by atoms with Crippen molar-refractivity contribution in [3.05, 3.63) is 88.1 Å². The smallest absolute Gasteiger partial charge is 0.407 e. The van der Waals surface area contributed by atoms with E-state index in [2.05, 4.69) is 57.2 Å². The first-order chi connectivity index (χ1) is 35.6. The van der Waals surface area contributed by atoms with E-state index in [1.165, 1.54) is 25.2 Å². The lowest BCUT2D eigenvalue weighted by atomic mass is 9.85. The molecule has 0 radical (unpaired) electrons. The topological polar surface area (TPSA) is 198 Å². The first-order valence-electron chi connectivity index (χ1n) is 25.9. The van der Waals surface area contributed by atoms with Crippen LogP contribution in [0.1, 0.15) is 126 Å². The van der Waals surface area contributed by atoms with Crippen LogP contribution >= 0.6 is 11.3 Å². The number of nitrogens with one attached hydrogen (secondary N) is 4. The second kappa shape index (κ2) is 19.5. The number of benzene rings is 2. The van der Waals surface area contributed by atoms with E-state index < -0.39 is 36.3 Å². The number of hydrogen-bond acceptors (Lipinski definition) is 11. The molecular weight excluding hydrogens is 966 g/mol. The summed E-state index contributed by atoms with van der Waals surface area (Å²) in [6.07, 6.45) is 5.88. The number of ether oxygens (including phenoxy) is 4. The van der Waals surface area contributed by atoms with Crippen LogP contribution < -0.4 is 15.4 Å². The van der Waals surface area contributed by atoms with Gasteiger partial charge in [-0.1, -0.05) is 33.8 Å². The van der Waals surface area contributed by atoms with E-state index in [0.29, 0.717) is 77.6 Å². The molecule has 4 aromatic heterocycles. The first kappa shape index (κ1) is 49.5. The SMILES string of the molecule is COC(=O)NC(C(=O)N1CCCC1c1ncc(-c2cc(F)c3c(c2)OC(c2ccc(C(C)C)s2)n2c-3cc3cc(-c4cnc(C5CC6CC6N5C(=O)C(NC(=O)OC)C5CC(C)OC(C)C5)[nH]4)ccc32)[nH]1)C(C)C. The van der Waals surface area contributed by atoms with Gasteiger partial charge in [0.15, 0.2) is 0 Å². The van der Waals surface area contributed by atoms with E-state index in [-0.39, 0.29) is 54.0 Å². The average Bonchev–Trinajstić information content (AvgIpc) is 4.16. The Bertz CT molecular complexity index is 3130. The first-order valence-corrected chi connectivity index (χ1v) is 26.7. The fourth-order valence-corrected chi connectivity index (χ4v) is 13.1. The van der Waals surface area contributed by atoms with Gasteiger partial charge in [-0.25, -0.2) is 23.9 Å². The monoisotopic (exact) mass is 1030 g/mol. The number of aromatic nitrogens is 5. The van der Waals surface area contributed by atoms with Gasteiger partial charge in [-0.05, 0) is 119 Å². The number of carbonyl (C=O) groups is 4. The highest BCUT2D eigenvalue weighted by molar-refractivity contribution is 7.12. The highest BCUT2D eigenvalue weighted by Crippen LogP contribution is 2.54. The normalized spacial score (nSPS) is 24.8. The quantitative estimate of drug-likeness (QED) is 0.0915. The van der Waals surface area contributed by atoms with Gasteiger partial charge in [-0.2, -0.15) is 0 Å². The van der Waals surface area contributed by atoms with Crippen LogP contribution in [0.2, 0.25) is 0 Å². The van der Waals surface area contributed by atoms with Gasteiger partial charge in [0.1, 0.15) is 35.3 Å². The number of methoxy groups -OCH3 is 2. The number of amides is 4. The number of thiophene rings is 1. The number of carbonyl (C=O) groups excluding carboxylic acids is 4. The van der Waals surface area contributed by atoms with Crippen LogP contribution in [0, 0.1) is 23.6 Å². The molecule has 4 amide bonds. The third kappa shape index (κ3) is 8.98. The third-order valence-corrected chi connectivity index (χ3v) is 17.2. The lowest BCUT2D eigenvalue weighted by Gasteiger charge is -2.38. The van der Waals surface area contributed by atoms with Crippen LogP contribution in [0.25, 0.3) is 44.7 Å². The summed E-state index contributed by atoms with van der Waals surface area (Å²) in [5.41, 5.74) is 4.65. The van der Waals surface area contributed by atoms with Crippen molar-refractivity contribution in [3.63, 3.8) is 0 Å². The van der Waals surface area contributed by atoms with Gasteiger partial charge in [0, 0.05) is 34.0 Å². The molecule has 4 fully saturated rings. The highest BCUT2D eigenvalue weighted by atomic mass is 32.1. The van der Waals surface area contributed by atoms with Gasteiger partial charge in [0.2, 0.25) is 18.0 Å². The molecule has 9 atom stereocenters. The molecule has 6 aromatic rings. The minimum Gasteiger partial charge on any atom is -0.464 e. The summed E-state index contributed by atoms with van der Waals surface area (Å²) in [6.45, 7) is 12.6. The number of imidazole rings is 2. The Kier molecular flexibility index (Phi) is 13.1. The number of nitrogens with zero attached hydrogens (tertiary/aromatic N) is 5. The maximum atomic E-state index is 17.0. The van der Waals surface area contributed by atoms with Crippen LogP contribution in [0.15, 0.2) is 60.9 Å². The number of aromatic amines is 2. The molecule has 1 saturated carbocycles. The van der Waals surface area contributed by atoms with Crippen molar-refractivity contribution in [1.29, 1.82) is 0 Å². The zero-order valence-corrected chi connectivity index (χ0v) is 43.8. The molecule has 2 aromatic carbocycles. The summed E-state index contributed by atoms with van der Waals surface area (Å²) < 4.78 is 41.8. The molecule has 5 aliphatic rings. The van der Waals surface area contributed by atoms with Crippen molar-refractivity contribution in [3.8, 4) is 39.5 Å². The fourth-order valence-electron chi connectivity index (χ4n) is 12.1. The molecule has 390 valence electrons. The third-order valence-electron chi connectivity index (χ3n) is 15.7. The Balaban J connectivity index is 0.900. The summed E-state index contributed by atoms with van der Waals surface area (Å²) in [5.74, 6) is 1.22. The highest BCUT2D eigenvalue weighted by Gasteiger charge is 2.57. The maximum absolute atomic E-state index is 17.0. The number of likely N-dealkylation sites (tertiary alicyclic amines) is 2. The molecule has 0 bridgehead atoms. The molecular formula is C55H64FN9O8S. The van der Waals surface area contributed by atoms with Gasteiger partial charge in [-0.15, -0.1) is 11.3 Å². The van der Waals surface area contributed by atoms with E-state index in [9.17, 15) is 19.2 Å². The summed E-state index contributed by atoms with van der Waals surface area (Å²) in [7, 11) is 2.58. The zero-order valence-electron chi connectivity index (χ0n) is 42.9. The Labute approximate surface area is 432 Å². The van der Waals surface area contributed by atoms with Crippen molar-refractivity contribution in [2.75, 3.05) is 20.8 Å². The average molecular weight is 1030 g/mol. The van der Waals surface area contributed by atoms with Crippen LogP contribution in [-0.2, 0) is 23.8 Å². The van der Waals surface area contributed by atoms with Crippen LogP contribution in [0.3, 0.4) is 0 Å². The van der Waals surface area contributed by atoms with Gasteiger partial charge < -0.3 is 49.3 Å². The molecule has 17 nitrogen and oxygen atoms in total. The molecule has 19 heteroatoms. The van der Waals surface area contributed by atoms with E-state index in [1.807, 2.05) is 56.9 Å². The van der Waals surface area contributed by atoms with Crippen molar-refractivity contribution >= 4 is 46.2 Å². The Morgan fingerprint density at radius 3 is 2.22 bits per heavy atom. The van der Waals surface area contributed by atoms with Crippen LogP contribution in [-0.4, -0.2) is 109 Å². The van der Waals surface area contributed by atoms with E-state index >= 15 is 4.39 Å². The van der Waals surface area contributed by atoms with Gasteiger partial charge >= 0.3 is 12.2 Å². The zero-order chi connectivity index (χ0) is 51.9. The van der Waals surface area contributed by atoms with E-state index in [4.69, 9.17) is 28.9 Å². The Morgan fingerprint density at radius 1 is 0.824 bits per heavy atom. The summed E-state index contributed by atoms with van der Waals surface area (Å²) >= 11 is 1.67. The number of H-pyrrole nitrogens is 2. The lowest BCUT2D eigenvalue weighted by Crippen LogP contribution is -2.55. The maximum Gasteiger partial charge on any atom is 0.407 e. The number of fused-ring (bicyclic) bond motifs is 6. The minimum atomic E-state index is -0.774. The van der Waals surface area contributed by atoms with Crippen LogP contribution in [0.4, 0.5) is 14.0 Å². The van der Waals surface area contributed by atoms with Crippen molar-refractivity contribution < 1.29 is 42.5 Å². The van der Waals surface area contributed by atoms with Crippen LogP contribution in [0.5, 0.6) is 5.75 Å². The van der Waals surface area contributed by atoms with Gasteiger partial charge in [0.05, 0.1) is 83.9 Å². The van der Waals surface area contributed by atoms with Gasteiger partial charge in [0.25, 0.3) is 0 Å². The number of hydrogen-bond donors (Lipinski definition) is 4. The predicted octanol–water partition coefficient (Wildman–Crippen LogP) is 9.99. The summed E-state index contributed by atoms with van der Waals surface area (Å²) in [4.78, 5) is 75.8. The lowest BCUT2D eigenvalue weighted by molar-refractivity contribution is -0.140. The molecule has 9 unspecified atom stereocenters. The number of piperidine rings is 1. The summed E-state index contributed by atoms with van der Waals surface area (Å²) in [5, 5.41) is 6.47. The fraction of sp³-hybridized carbons (Fsp3) is 0.491. The molecule has 4 N–H and O–H groups in total. The van der Waals surface area contributed by atoms with E-state index in [0.717, 1.165) is 46.3 Å². The van der Waals surface area contributed by atoms with Crippen molar-refractivity contribution in [1.82, 2.24) is 44.9 Å². The molecule has 4 aliphatic heterocycles. The molecule has 1 aliphatic carbocycles. The van der Waals surface area contributed by atoms with Gasteiger partial charge in [-0.3, -0.25) is 14.2 Å². The molecule has 8 heterocycles. The molecule has 0 spiro atoms.